The van der Waals surface area contributed by atoms with Crippen molar-refractivity contribution in [1.82, 2.24) is 14.9 Å². The predicted octanol–water partition coefficient (Wildman–Crippen LogP) is 3.62. The molecule has 25 heavy (non-hydrogen) atoms. The number of hydrogen-bond donors (Lipinski definition) is 1. The number of hydrogen-bond acceptors (Lipinski definition) is 6. The van der Waals surface area contributed by atoms with Crippen LogP contribution in [0.3, 0.4) is 0 Å². The van der Waals surface area contributed by atoms with Crippen molar-refractivity contribution in [2.24, 2.45) is 0 Å². The van der Waals surface area contributed by atoms with Crippen molar-refractivity contribution in [2.75, 3.05) is 18.4 Å². The molecule has 0 radical (unpaired) electrons. The highest BCUT2D eigenvalue weighted by atomic mass is 32.1. The number of anilines is 1. The average Bonchev–Trinajstić information content (AvgIpc) is 3.21. The molecule has 4 rings (SSSR count). The van der Waals surface area contributed by atoms with Crippen LogP contribution in [0.25, 0.3) is 11.1 Å². The highest BCUT2D eigenvalue weighted by molar-refractivity contribution is 7.13. The molecule has 0 spiro atoms. The molecule has 1 atom stereocenters. The fourth-order valence-electron chi connectivity index (χ4n) is 3.28. The number of nitrogens with zero attached hydrogens (tertiary/aromatic N) is 3. The van der Waals surface area contributed by atoms with E-state index in [2.05, 4.69) is 20.2 Å². The molecule has 2 aromatic heterocycles. The Hall–Kier alpha value is -2.25. The van der Waals surface area contributed by atoms with Gasteiger partial charge in [-0.15, -0.1) is 11.3 Å². The lowest BCUT2D eigenvalue weighted by atomic mass is 9.98. The summed E-state index contributed by atoms with van der Waals surface area (Å²) in [6.45, 7) is 4.24. The molecule has 1 aliphatic heterocycles. The van der Waals surface area contributed by atoms with Crippen LogP contribution in [0.2, 0.25) is 0 Å². The second kappa shape index (κ2) is 6.93. The molecule has 1 N–H and O–H groups in total. The molecule has 3 heterocycles. The largest absolute Gasteiger partial charge is 0.440 e. The van der Waals surface area contributed by atoms with E-state index in [0.29, 0.717) is 11.0 Å². The van der Waals surface area contributed by atoms with E-state index in [9.17, 15) is 4.79 Å². The van der Waals surface area contributed by atoms with Gasteiger partial charge in [-0.25, -0.2) is 9.97 Å². The number of thiazole rings is 1. The zero-order valence-corrected chi connectivity index (χ0v) is 14.9. The summed E-state index contributed by atoms with van der Waals surface area (Å²) in [6, 6.07) is 7.91. The number of nitrogens with one attached hydrogen (secondary N) is 1. The SMILES string of the molecule is CC(=O)Nc1nc(CN2CCCC(c3nc4ccccc4o3)C2)cs1. The summed E-state index contributed by atoms with van der Waals surface area (Å²) >= 11 is 1.47. The number of likely N-dealkylation sites (tertiary alicyclic amines) is 1. The third-order valence-electron chi connectivity index (χ3n) is 4.39. The monoisotopic (exact) mass is 356 g/mol. The second-order valence-electron chi connectivity index (χ2n) is 6.42. The van der Waals surface area contributed by atoms with Crippen molar-refractivity contribution in [3.63, 3.8) is 0 Å². The Balaban J connectivity index is 1.43. The van der Waals surface area contributed by atoms with Gasteiger partial charge in [-0.1, -0.05) is 12.1 Å². The number of aromatic nitrogens is 2. The fraction of sp³-hybridized carbons (Fsp3) is 0.389. The molecule has 0 saturated carbocycles. The topological polar surface area (TPSA) is 71.3 Å². The molecule has 1 aliphatic rings. The quantitative estimate of drug-likeness (QED) is 0.773. The van der Waals surface area contributed by atoms with Gasteiger partial charge in [0.1, 0.15) is 5.52 Å². The van der Waals surface area contributed by atoms with Crippen LogP contribution in [0.1, 0.15) is 37.3 Å². The van der Waals surface area contributed by atoms with Gasteiger partial charge < -0.3 is 9.73 Å². The number of oxazole rings is 1. The molecule has 1 unspecified atom stereocenters. The van der Waals surface area contributed by atoms with Crippen LogP contribution in [-0.4, -0.2) is 33.9 Å². The van der Waals surface area contributed by atoms with Crippen LogP contribution in [0.15, 0.2) is 34.1 Å². The zero-order valence-electron chi connectivity index (χ0n) is 14.1. The number of benzene rings is 1. The smallest absolute Gasteiger partial charge is 0.223 e. The van der Waals surface area contributed by atoms with E-state index < -0.39 is 0 Å². The number of amides is 1. The number of rotatable bonds is 4. The van der Waals surface area contributed by atoms with E-state index in [1.807, 2.05) is 29.6 Å². The third-order valence-corrected chi connectivity index (χ3v) is 5.19. The van der Waals surface area contributed by atoms with E-state index in [0.717, 1.165) is 55.2 Å². The van der Waals surface area contributed by atoms with Crippen molar-refractivity contribution < 1.29 is 9.21 Å². The first-order valence-electron chi connectivity index (χ1n) is 8.47. The second-order valence-corrected chi connectivity index (χ2v) is 7.28. The Morgan fingerprint density at radius 1 is 1.40 bits per heavy atom. The van der Waals surface area contributed by atoms with Gasteiger partial charge in [-0.2, -0.15) is 0 Å². The van der Waals surface area contributed by atoms with Crippen molar-refractivity contribution >= 4 is 33.5 Å². The molecule has 1 fully saturated rings. The molecule has 6 nitrogen and oxygen atoms in total. The van der Waals surface area contributed by atoms with E-state index >= 15 is 0 Å². The Labute approximate surface area is 149 Å². The first-order valence-corrected chi connectivity index (χ1v) is 9.35. The first kappa shape index (κ1) is 16.2. The molecule has 7 heteroatoms. The van der Waals surface area contributed by atoms with Crippen LogP contribution in [0, 0.1) is 0 Å². The molecular formula is C18H20N4O2S. The first-order chi connectivity index (χ1) is 12.2. The zero-order chi connectivity index (χ0) is 17.2. The van der Waals surface area contributed by atoms with E-state index in [-0.39, 0.29) is 5.91 Å². The van der Waals surface area contributed by atoms with Crippen molar-refractivity contribution in [1.29, 1.82) is 0 Å². The van der Waals surface area contributed by atoms with E-state index in [4.69, 9.17) is 4.42 Å². The molecule has 0 bridgehead atoms. The fourth-order valence-corrected chi connectivity index (χ4v) is 4.03. The minimum absolute atomic E-state index is 0.0881. The Morgan fingerprint density at radius 2 is 2.28 bits per heavy atom. The lowest BCUT2D eigenvalue weighted by molar-refractivity contribution is -0.114. The summed E-state index contributed by atoms with van der Waals surface area (Å²) < 4.78 is 5.96. The average molecular weight is 356 g/mol. The molecule has 1 aromatic carbocycles. The maximum absolute atomic E-state index is 11.1. The minimum atomic E-state index is -0.0881. The number of para-hydroxylation sites is 2. The summed E-state index contributed by atoms with van der Waals surface area (Å²) in [5, 5.41) is 5.41. The van der Waals surface area contributed by atoms with Crippen LogP contribution < -0.4 is 5.32 Å². The number of fused-ring (bicyclic) bond motifs is 1. The van der Waals surface area contributed by atoms with Gasteiger partial charge in [0.05, 0.1) is 5.69 Å². The molecule has 130 valence electrons. The van der Waals surface area contributed by atoms with Gasteiger partial charge in [0, 0.05) is 31.3 Å². The Bertz CT molecular complexity index is 855. The van der Waals surface area contributed by atoms with Gasteiger partial charge in [-0.05, 0) is 31.5 Å². The van der Waals surface area contributed by atoms with E-state index in [1.54, 1.807) is 0 Å². The van der Waals surface area contributed by atoms with Crippen molar-refractivity contribution in [2.45, 2.75) is 32.2 Å². The van der Waals surface area contributed by atoms with E-state index in [1.165, 1.54) is 18.3 Å². The highest BCUT2D eigenvalue weighted by Crippen LogP contribution is 2.30. The Morgan fingerprint density at radius 3 is 3.12 bits per heavy atom. The maximum Gasteiger partial charge on any atom is 0.223 e. The summed E-state index contributed by atoms with van der Waals surface area (Å²) in [5.74, 6) is 1.06. The van der Waals surface area contributed by atoms with Crippen molar-refractivity contribution in [3.05, 3.63) is 41.2 Å². The summed E-state index contributed by atoms with van der Waals surface area (Å²) in [5.41, 5.74) is 2.77. The summed E-state index contributed by atoms with van der Waals surface area (Å²) in [4.78, 5) is 22.6. The normalized spacial score (nSPS) is 18.5. The minimum Gasteiger partial charge on any atom is -0.440 e. The summed E-state index contributed by atoms with van der Waals surface area (Å²) in [6.07, 6.45) is 2.21. The lowest BCUT2D eigenvalue weighted by Crippen LogP contribution is -2.34. The molecule has 0 aliphatic carbocycles. The lowest BCUT2D eigenvalue weighted by Gasteiger charge is -2.30. The van der Waals surface area contributed by atoms with Gasteiger partial charge in [0.2, 0.25) is 5.91 Å². The van der Waals surface area contributed by atoms with Gasteiger partial charge >= 0.3 is 0 Å². The number of piperidine rings is 1. The van der Waals surface area contributed by atoms with Crippen LogP contribution >= 0.6 is 11.3 Å². The van der Waals surface area contributed by atoms with Gasteiger partial charge in [0.25, 0.3) is 0 Å². The van der Waals surface area contributed by atoms with Crippen LogP contribution in [0.4, 0.5) is 5.13 Å². The Kier molecular flexibility index (Phi) is 4.50. The predicted molar refractivity (Wildman–Crippen MR) is 97.7 cm³/mol. The van der Waals surface area contributed by atoms with Crippen molar-refractivity contribution in [3.8, 4) is 0 Å². The maximum atomic E-state index is 11.1. The van der Waals surface area contributed by atoms with Gasteiger partial charge in [0.15, 0.2) is 16.6 Å². The molecule has 1 saturated heterocycles. The van der Waals surface area contributed by atoms with Crippen LogP contribution in [0.5, 0.6) is 0 Å². The van der Waals surface area contributed by atoms with Crippen LogP contribution in [-0.2, 0) is 11.3 Å². The molecule has 3 aromatic rings. The standard InChI is InChI=1S/C18H20N4O2S/c1-12(23)19-18-20-14(11-25-18)10-22-8-4-5-13(9-22)17-21-15-6-2-3-7-16(15)24-17/h2-3,6-7,11,13H,4-5,8-10H2,1H3,(H,19,20,23). The molecular weight excluding hydrogens is 336 g/mol. The number of carbonyl (C=O) groups excluding carboxylic acids is 1. The highest BCUT2D eigenvalue weighted by Gasteiger charge is 2.26. The van der Waals surface area contributed by atoms with Gasteiger partial charge in [-0.3, -0.25) is 9.69 Å². The summed E-state index contributed by atoms with van der Waals surface area (Å²) in [7, 11) is 0. The molecule has 1 amide bonds. The third kappa shape index (κ3) is 3.72. The number of carbonyl (C=O) groups is 1.